The number of ether oxygens (including phenoxy) is 2. The minimum atomic E-state index is -0.881. The van der Waals surface area contributed by atoms with Crippen molar-refractivity contribution >= 4 is 12.0 Å². The fourth-order valence-corrected chi connectivity index (χ4v) is 2.64. The number of carbonyl (C=O) groups excluding carboxylic acids is 2. The molecule has 2 aromatic heterocycles. The molecule has 0 bridgehead atoms. The SMILES string of the molecule is COCC(NC(=O)OC(C)(C)C)C(=O)N(Cc1ccncc1)Cc1cccnc1. The summed E-state index contributed by atoms with van der Waals surface area (Å²) in [4.78, 5) is 35.3. The van der Waals surface area contributed by atoms with Crippen LogP contribution in [0.4, 0.5) is 4.79 Å². The lowest BCUT2D eigenvalue weighted by molar-refractivity contribution is -0.136. The largest absolute Gasteiger partial charge is 0.444 e. The maximum atomic E-state index is 13.3. The first kappa shape index (κ1) is 22.3. The van der Waals surface area contributed by atoms with Crippen LogP contribution < -0.4 is 5.32 Å². The fourth-order valence-electron chi connectivity index (χ4n) is 2.64. The Labute approximate surface area is 171 Å². The molecule has 2 amide bonds. The lowest BCUT2D eigenvalue weighted by Gasteiger charge is -2.28. The van der Waals surface area contributed by atoms with Gasteiger partial charge in [-0.15, -0.1) is 0 Å². The monoisotopic (exact) mass is 400 g/mol. The number of nitrogens with one attached hydrogen (secondary N) is 1. The summed E-state index contributed by atoms with van der Waals surface area (Å²) in [6.07, 6.45) is 6.06. The minimum Gasteiger partial charge on any atom is -0.444 e. The number of nitrogens with zero attached hydrogens (tertiary/aromatic N) is 3. The van der Waals surface area contributed by atoms with Crippen molar-refractivity contribution in [3.63, 3.8) is 0 Å². The van der Waals surface area contributed by atoms with Crippen LogP contribution in [-0.4, -0.2) is 52.2 Å². The van der Waals surface area contributed by atoms with Crippen LogP contribution in [0.3, 0.4) is 0 Å². The summed E-state index contributed by atoms with van der Waals surface area (Å²) in [5, 5.41) is 2.62. The van der Waals surface area contributed by atoms with Crippen molar-refractivity contribution in [2.75, 3.05) is 13.7 Å². The predicted molar refractivity (Wildman–Crippen MR) is 108 cm³/mol. The van der Waals surface area contributed by atoms with Gasteiger partial charge in [-0.25, -0.2) is 4.79 Å². The normalized spacial score (nSPS) is 12.1. The Morgan fingerprint density at radius 2 is 1.76 bits per heavy atom. The van der Waals surface area contributed by atoms with Crippen molar-refractivity contribution in [3.8, 4) is 0 Å². The molecular weight excluding hydrogens is 372 g/mol. The van der Waals surface area contributed by atoms with Crippen molar-refractivity contribution in [1.82, 2.24) is 20.2 Å². The van der Waals surface area contributed by atoms with Crippen LogP contribution in [0.2, 0.25) is 0 Å². The van der Waals surface area contributed by atoms with Gasteiger partial charge in [0, 0.05) is 45.0 Å². The number of rotatable bonds is 8. The summed E-state index contributed by atoms with van der Waals surface area (Å²) in [7, 11) is 1.48. The molecule has 0 aliphatic heterocycles. The summed E-state index contributed by atoms with van der Waals surface area (Å²) in [6.45, 7) is 6.00. The highest BCUT2D eigenvalue weighted by atomic mass is 16.6. The lowest BCUT2D eigenvalue weighted by atomic mass is 10.1. The van der Waals surface area contributed by atoms with Crippen molar-refractivity contribution in [3.05, 3.63) is 60.2 Å². The third-order valence-corrected chi connectivity index (χ3v) is 3.85. The second-order valence-corrected chi connectivity index (χ2v) is 7.57. The van der Waals surface area contributed by atoms with Gasteiger partial charge >= 0.3 is 6.09 Å². The molecule has 0 saturated heterocycles. The molecule has 2 aromatic rings. The molecule has 2 rings (SSSR count). The zero-order valence-electron chi connectivity index (χ0n) is 17.3. The Hall–Kier alpha value is -3.00. The summed E-state index contributed by atoms with van der Waals surface area (Å²) in [5.74, 6) is -0.279. The third kappa shape index (κ3) is 7.87. The Kier molecular flexibility index (Phi) is 8.09. The molecule has 2 heterocycles. The van der Waals surface area contributed by atoms with E-state index >= 15 is 0 Å². The van der Waals surface area contributed by atoms with Crippen molar-refractivity contribution in [2.45, 2.75) is 45.5 Å². The van der Waals surface area contributed by atoms with E-state index in [0.717, 1.165) is 11.1 Å². The molecule has 1 atom stereocenters. The molecule has 8 heteroatoms. The standard InChI is InChI=1S/C21H28N4O4/c1-21(2,3)29-20(27)24-18(15-28-4)19(26)25(13-16-7-10-22-11-8-16)14-17-6-5-9-23-12-17/h5-12,18H,13-15H2,1-4H3,(H,24,27). The molecule has 0 aromatic carbocycles. The summed E-state index contributed by atoms with van der Waals surface area (Å²) < 4.78 is 10.5. The average Bonchev–Trinajstić information content (AvgIpc) is 2.67. The number of aromatic nitrogens is 2. The van der Waals surface area contributed by atoms with Gasteiger partial charge in [-0.05, 0) is 50.1 Å². The van der Waals surface area contributed by atoms with Crippen LogP contribution in [0.25, 0.3) is 0 Å². The Bertz CT molecular complexity index is 737. The zero-order chi connectivity index (χ0) is 21.3. The molecule has 1 N–H and O–H groups in total. The van der Waals surface area contributed by atoms with Crippen LogP contribution in [0.5, 0.6) is 0 Å². The maximum Gasteiger partial charge on any atom is 0.408 e. The van der Waals surface area contributed by atoms with E-state index in [9.17, 15) is 9.59 Å². The Morgan fingerprint density at radius 1 is 1.07 bits per heavy atom. The number of pyridine rings is 2. The van der Waals surface area contributed by atoms with Gasteiger partial charge in [-0.1, -0.05) is 6.07 Å². The molecule has 156 valence electrons. The highest BCUT2D eigenvalue weighted by molar-refractivity contribution is 5.86. The van der Waals surface area contributed by atoms with Gasteiger partial charge in [0.05, 0.1) is 6.61 Å². The van der Waals surface area contributed by atoms with E-state index in [4.69, 9.17) is 9.47 Å². The number of methoxy groups -OCH3 is 1. The highest BCUT2D eigenvalue weighted by Crippen LogP contribution is 2.12. The number of alkyl carbamates (subject to hydrolysis) is 1. The Balaban J connectivity index is 2.20. The van der Waals surface area contributed by atoms with E-state index < -0.39 is 17.7 Å². The van der Waals surface area contributed by atoms with Gasteiger partial charge in [0.1, 0.15) is 11.6 Å². The molecule has 0 fully saturated rings. The first-order chi connectivity index (χ1) is 13.8. The molecule has 0 aliphatic carbocycles. The molecular formula is C21H28N4O4. The van der Waals surface area contributed by atoms with E-state index in [1.54, 1.807) is 50.5 Å². The van der Waals surface area contributed by atoms with E-state index in [0.29, 0.717) is 13.1 Å². The molecule has 8 nitrogen and oxygen atoms in total. The summed E-state index contributed by atoms with van der Waals surface area (Å²) >= 11 is 0. The Morgan fingerprint density at radius 3 is 2.34 bits per heavy atom. The van der Waals surface area contributed by atoms with Crippen molar-refractivity contribution < 1.29 is 19.1 Å². The minimum absolute atomic E-state index is 0.0258. The van der Waals surface area contributed by atoms with E-state index in [1.165, 1.54) is 7.11 Å². The number of hydrogen-bond acceptors (Lipinski definition) is 6. The quantitative estimate of drug-likeness (QED) is 0.732. The van der Waals surface area contributed by atoms with Gasteiger partial charge in [0.25, 0.3) is 0 Å². The molecule has 1 unspecified atom stereocenters. The van der Waals surface area contributed by atoms with Crippen LogP contribution >= 0.6 is 0 Å². The summed E-state index contributed by atoms with van der Waals surface area (Å²) in [6, 6.07) is 6.52. The smallest absolute Gasteiger partial charge is 0.408 e. The van der Waals surface area contributed by atoms with Crippen LogP contribution in [-0.2, 0) is 27.4 Å². The van der Waals surface area contributed by atoms with Crippen LogP contribution in [0.15, 0.2) is 49.1 Å². The van der Waals surface area contributed by atoms with Crippen molar-refractivity contribution in [2.24, 2.45) is 0 Å². The maximum absolute atomic E-state index is 13.3. The molecule has 0 spiro atoms. The average molecular weight is 400 g/mol. The predicted octanol–water partition coefficient (Wildman–Crippen LogP) is 2.55. The van der Waals surface area contributed by atoms with Gasteiger partial charge in [0.15, 0.2) is 0 Å². The molecule has 0 radical (unpaired) electrons. The second kappa shape index (κ2) is 10.5. The first-order valence-corrected chi connectivity index (χ1v) is 9.33. The molecule has 0 saturated carbocycles. The van der Waals surface area contributed by atoms with Gasteiger partial charge in [-0.2, -0.15) is 0 Å². The topological polar surface area (TPSA) is 93.6 Å². The van der Waals surface area contributed by atoms with Crippen LogP contribution in [0.1, 0.15) is 31.9 Å². The van der Waals surface area contributed by atoms with Gasteiger partial charge in [0.2, 0.25) is 5.91 Å². The van der Waals surface area contributed by atoms with Gasteiger partial charge in [-0.3, -0.25) is 14.8 Å². The van der Waals surface area contributed by atoms with Crippen LogP contribution in [0, 0.1) is 0 Å². The number of hydrogen-bond donors (Lipinski definition) is 1. The zero-order valence-corrected chi connectivity index (χ0v) is 17.3. The van der Waals surface area contributed by atoms with E-state index in [1.807, 2.05) is 24.3 Å². The second-order valence-electron chi connectivity index (χ2n) is 7.57. The fraction of sp³-hybridized carbons (Fsp3) is 0.429. The third-order valence-electron chi connectivity index (χ3n) is 3.85. The lowest BCUT2D eigenvalue weighted by Crippen LogP contribution is -2.51. The summed E-state index contributed by atoms with van der Waals surface area (Å²) in [5.41, 5.74) is 1.13. The first-order valence-electron chi connectivity index (χ1n) is 9.33. The van der Waals surface area contributed by atoms with E-state index in [-0.39, 0.29) is 12.5 Å². The van der Waals surface area contributed by atoms with E-state index in [2.05, 4.69) is 15.3 Å². The van der Waals surface area contributed by atoms with Crippen molar-refractivity contribution in [1.29, 1.82) is 0 Å². The van der Waals surface area contributed by atoms with Gasteiger partial charge < -0.3 is 19.7 Å². The number of carbonyl (C=O) groups is 2. The molecule has 0 aliphatic rings. The molecule has 29 heavy (non-hydrogen) atoms. The number of amides is 2. The highest BCUT2D eigenvalue weighted by Gasteiger charge is 2.28.